The van der Waals surface area contributed by atoms with Crippen LogP contribution in [-0.2, 0) is 16.2 Å². The zero-order valence-electron chi connectivity index (χ0n) is 19.0. The summed E-state index contributed by atoms with van der Waals surface area (Å²) >= 11 is 0. The number of nitro groups is 1. The van der Waals surface area contributed by atoms with Gasteiger partial charge in [-0.3, -0.25) is 25.0 Å². The lowest BCUT2D eigenvalue weighted by atomic mass is 10.0. The van der Waals surface area contributed by atoms with Crippen LogP contribution in [-0.4, -0.2) is 22.8 Å². The van der Waals surface area contributed by atoms with E-state index in [0.29, 0.717) is 17.0 Å². The van der Waals surface area contributed by atoms with Gasteiger partial charge in [0.1, 0.15) is 17.9 Å². The molecule has 9 nitrogen and oxygen atoms in total. The summed E-state index contributed by atoms with van der Waals surface area (Å²) in [6.07, 6.45) is 1.40. The molecule has 0 aromatic heterocycles. The molecule has 1 aliphatic rings. The van der Waals surface area contributed by atoms with Crippen LogP contribution < -0.4 is 15.0 Å². The molecule has 0 unspecified atom stereocenters. The predicted molar refractivity (Wildman–Crippen MR) is 129 cm³/mol. The minimum Gasteiger partial charge on any atom is -0.489 e. The third kappa shape index (κ3) is 4.93. The number of anilines is 1. The van der Waals surface area contributed by atoms with Crippen molar-refractivity contribution in [1.29, 1.82) is 0 Å². The Morgan fingerprint density at radius 2 is 1.71 bits per heavy atom. The number of amides is 4. The van der Waals surface area contributed by atoms with Crippen molar-refractivity contribution in [2.24, 2.45) is 0 Å². The second-order valence-electron chi connectivity index (χ2n) is 7.96. The number of barbiturate groups is 1. The summed E-state index contributed by atoms with van der Waals surface area (Å²) < 4.78 is 5.76. The number of imide groups is 2. The van der Waals surface area contributed by atoms with E-state index in [0.717, 1.165) is 21.6 Å². The molecule has 1 aliphatic heterocycles. The first-order valence-corrected chi connectivity index (χ1v) is 10.7. The normalized spacial score (nSPS) is 14.7. The van der Waals surface area contributed by atoms with Crippen LogP contribution in [0.15, 0.2) is 72.3 Å². The Balaban J connectivity index is 1.56. The number of benzene rings is 3. The first-order valence-electron chi connectivity index (χ1n) is 10.7. The Hall–Kier alpha value is -4.79. The highest BCUT2D eigenvalue weighted by Gasteiger charge is 2.37. The molecular formula is C26H21N3O6. The van der Waals surface area contributed by atoms with E-state index < -0.39 is 22.8 Å². The largest absolute Gasteiger partial charge is 0.489 e. The van der Waals surface area contributed by atoms with E-state index in [1.165, 1.54) is 18.2 Å². The van der Waals surface area contributed by atoms with Gasteiger partial charge in [-0.05, 0) is 72.5 Å². The second kappa shape index (κ2) is 9.60. The third-order valence-corrected chi connectivity index (χ3v) is 5.64. The smallest absolute Gasteiger partial charge is 0.335 e. The van der Waals surface area contributed by atoms with Crippen molar-refractivity contribution in [1.82, 2.24) is 5.32 Å². The fourth-order valence-electron chi connectivity index (χ4n) is 3.60. The molecule has 9 heteroatoms. The van der Waals surface area contributed by atoms with Gasteiger partial charge in [0.25, 0.3) is 17.5 Å². The number of hydrogen-bond donors (Lipinski definition) is 1. The molecule has 0 bridgehead atoms. The highest BCUT2D eigenvalue weighted by molar-refractivity contribution is 6.39. The Kier molecular flexibility index (Phi) is 6.41. The fraction of sp³-hybridized carbons (Fsp3) is 0.115. The average molecular weight is 471 g/mol. The van der Waals surface area contributed by atoms with Gasteiger partial charge in [-0.1, -0.05) is 24.3 Å². The number of ether oxygens (including phenoxy) is 1. The van der Waals surface area contributed by atoms with Crippen LogP contribution in [0, 0.1) is 24.0 Å². The minimum atomic E-state index is -0.800. The number of non-ortho nitro benzene ring substituents is 1. The van der Waals surface area contributed by atoms with E-state index in [4.69, 9.17) is 4.74 Å². The third-order valence-electron chi connectivity index (χ3n) is 5.64. The van der Waals surface area contributed by atoms with Crippen LogP contribution in [0.2, 0.25) is 0 Å². The Morgan fingerprint density at radius 1 is 1.00 bits per heavy atom. The van der Waals surface area contributed by atoms with E-state index in [2.05, 4.69) is 5.32 Å². The van der Waals surface area contributed by atoms with Gasteiger partial charge in [-0.25, -0.2) is 9.69 Å². The molecule has 4 amide bonds. The van der Waals surface area contributed by atoms with E-state index >= 15 is 0 Å². The zero-order valence-corrected chi connectivity index (χ0v) is 19.0. The first-order chi connectivity index (χ1) is 16.7. The van der Waals surface area contributed by atoms with E-state index in [1.54, 1.807) is 55.5 Å². The van der Waals surface area contributed by atoms with Crippen molar-refractivity contribution in [2.45, 2.75) is 20.5 Å². The molecule has 0 aliphatic carbocycles. The quantitative estimate of drug-likeness (QED) is 0.245. The molecule has 4 rings (SSSR count). The summed E-state index contributed by atoms with van der Waals surface area (Å²) in [6.45, 7) is 3.85. The Labute approximate surface area is 200 Å². The SMILES string of the molecule is Cc1cccc(N2C(=O)NC(=O)/C(=C/c3cccc(OCc4ccc([N+](=O)[O-])cc4)c3)C2=O)c1C. The minimum absolute atomic E-state index is 0.00817. The zero-order chi connectivity index (χ0) is 25.1. The van der Waals surface area contributed by atoms with Gasteiger partial charge in [-0.2, -0.15) is 0 Å². The second-order valence-corrected chi connectivity index (χ2v) is 7.96. The molecule has 3 aromatic rings. The van der Waals surface area contributed by atoms with Crippen LogP contribution in [0.4, 0.5) is 16.2 Å². The van der Waals surface area contributed by atoms with Gasteiger partial charge in [0.15, 0.2) is 0 Å². The number of nitro benzene ring substituents is 1. The highest BCUT2D eigenvalue weighted by Crippen LogP contribution is 2.27. The number of hydrogen-bond acceptors (Lipinski definition) is 6. The van der Waals surface area contributed by atoms with Crippen LogP contribution in [0.1, 0.15) is 22.3 Å². The van der Waals surface area contributed by atoms with Gasteiger partial charge < -0.3 is 4.74 Å². The van der Waals surface area contributed by atoms with E-state index in [9.17, 15) is 24.5 Å². The lowest BCUT2D eigenvalue weighted by Gasteiger charge is -2.28. The van der Waals surface area contributed by atoms with Gasteiger partial charge in [0.2, 0.25) is 0 Å². The molecule has 1 fully saturated rings. The lowest BCUT2D eigenvalue weighted by Crippen LogP contribution is -2.54. The number of rotatable bonds is 6. The summed E-state index contributed by atoms with van der Waals surface area (Å²) in [5.74, 6) is -1.02. The summed E-state index contributed by atoms with van der Waals surface area (Å²) in [7, 11) is 0. The maximum atomic E-state index is 13.2. The summed E-state index contributed by atoms with van der Waals surface area (Å²) in [4.78, 5) is 49.4. The maximum absolute atomic E-state index is 13.2. The van der Waals surface area contributed by atoms with Crippen LogP contribution in [0.5, 0.6) is 5.75 Å². The topological polar surface area (TPSA) is 119 Å². The molecule has 1 heterocycles. The summed E-state index contributed by atoms with van der Waals surface area (Å²) in [5, 5.41) is 13.0. The average Bonchev–Trinajstić information content (AvgIpc) is 2.83. The molecule has 176 valence electrons. The van der Waals surface area contributed by atoms with Crippen LogP contribution >= 0.6 is 0 Å². The molecule has 0 atom stereocenters. The molecule has 0 saturated carbocycles. The molecule has 0 spiro atoms. The van der Waals surface area contributed by atoms with Gasteiger partial charge in [0, 0.05) is 12.1 Å². The van der Waals surface area contributed by atoms with Crippen LogP contribution in [0.25, 0.3) is 6.08 Å². The number of aryl methyl sites for hydroxylation is 1. The Bertz CT molecular complexity index is 1380. The molecule has 0 radical (unpaired) electrons. The Morgan fingerprint density at radius 3 is 2.43 bits per heavy atom. The van der Waals surface area contributed by atoms with Crippen molar-refractivity contribution in [3.05, 3.63) is 105 Å². The van der Waals surface area contributed by atoms with E-state index in [-0.39, 0.29) is 17.9 Å². The number of carbonyl (C=O) groups is 3. The molecule has 3 aromatic carbocycles. The highest BCUT2D eigenvalue weighted by atomic mass is 16.6. The standard InChI is InChI=1S/C26H21N3O6/c1-16-5-3-8-23(17(16)2)28-25(31)22(24(30)27-26(28)32)14-19-6-4-7-21(13-19)35-15-18-9-11-20(12-10-18)29(33)34/h3-14H,15H2,1-2H3,(H,27,30,32)/b22-14-. The number of urea groups is 1. The summed E-state index contributed by atoms with van der Waals surface area (Å²) in [6, 6.07) is 17.2. The van der Waals surface area contributed by atoms with Crippen molar-refractivity contribution in [3.8, 4) is 5.75 Å². The monoisotopic (exact) mass is 471 g/mol. The lowest BCUT2D eigenvalue weighted by molar-refractivity contribution is -0.384. The predicted octanol–water partition coefficient (Wildman–Crippen LogP) is 4.46. The van der Waals surface area contributed by atoms with Crippen LogP contribution in [0.3, 0.4) is 0 Å². The van der Waals surface area contributed by atoms with Gasteiger partial charge >= 0.3 is 6.03 Å². The number of nitrogens with zero attached hydrogens (tertiary/aromatic N) is 2. The fourth-order valence-corrected chi connectivity index (χ4v) is 3.60. The van der Waals surface area contributed by atoms with Crippen molar-refractivity contribution < 1.29 is 24.0 Å². The number of carbonyl (C=O) groups excluding carboxylic acids is 3. The van der Waals surface area contributed by atoms with Gasteiger partial charge in [0.05, 0.1) is 10.6 Å². The van der Waals surface area contributed by atoms with Crippen molar-refractivity contribution in [2.75, 3.05) is 4.90 Å². The van der Waals surface area contributed by atoms with Crippen molar-refractivity contribution in [3.63, 3.8) is 0 Å². The molecule has 1 N–H and O–H groups in total. The summed E-state index contributed by atoms with van der Waals surface area (Å²) in [5.41, 5.74) is 3.15. The molecule has 35 heavy (non-hydrogen) atoms. The van der Waals surface area contributed by atoms with E-state index in [1.807, 2.05) is 13.0 Å². The molecular weight excluding hydrogens is 450 g/mol. The maximum Gasteiger partial charge on any atom is 0.335 e. The van der Waals surface area contributed by atoms with Crippen molar-refractivity contribution >= 4 is 35.3 Å². The molecule has 1 saturated heterocycles. The number of nitrogens with one attached hydrogen (secondary N) is 1. The van der Waals surface area contributed by atoms with Gasteiger partial charge in [-0.15, -0.1) is 0 Å². The first kappa shape index (κ1) is 23.4.